The molecule has 2 rings (SSSR count). The smallest absolute Gasteiger partial charge is 0.410 e. The van der Waals surface area contributed by atoms with Gasteiger partial charge in [-0.25, -0.2) is 4.79 Å². The molecule has 1 aromatic carbocycles. The second kappa shape index (κ2) is 6.24. The highest BCUT2D eigenvalue weighted by molar-refractivity contribution is 6.31. The highest BCUT2D eigenvalue weighted by Crippen LogP contribution is 2.35. The van der Waals surface area contributed by atoms with E-state index in [9.17, 15) is 9.90 Å². The van der Waals surface area contributed by atoms with E-state index in [2.05, 4.69) is 0 Å². The number of rotatable bonds is 1. The summed E-state index contributed by atoms with van der Waals surface area (Å²) in [5, 5.41) is 10.9. The number of nitrogens with zero attached hydrogens (tertiary/aromatic N) is 1. The quantitative estimate of drug-likeness (QED) is 0.859. The van der Waals surface area contributed by atoms with E-state index in [0.29, 0.717) is 18.0 Å². The lowest BCUT2D eigenvalue weighted by atomic mass is 9.93. The van der Waals surface area contributed by atoms with Crippen LogP contribution < -0.4 is 0 Å². The first-order chi connectivity index (χ1) is 9.79. The number of benzene rings is 1. The Kier molecular flexibility index (Phi) is 4.79. The SMILES string of the molecule is CC(C)(C)OC(=O)N1CCC[C@H](O)[C@@H]1c1ccccc1Cl. The monoisotopic (exact) mass is 311 g/mol. The zero-order valence-electron chi connectivity index (χ0n) is 12.7. The summed E-state index contributed by atoms with van der Waals surface area (Å²) >= 11 is 6.24. The molecule has 5 heteroatoms. The minimum absolute atomic E-state index is 0.411. The van der Waals surface area contributed by atoms with E-state index in [-0.39, 0.29) is 0 Å². The molecule has 0 radical (unpaired) electrons. The molecule has 0 spiro atoms. The summed E-state index contributed by atoms with van der Waals surface area (Å²) < 4.78 is 5.45. The van der Waals surface area contributed by atoms with Gasteiger partial charge in [0.25, 0.3) is 0 Å². The Labute approximate surface area is 130 Å². The zero-order valence-corrected chi connectivity index (χ0v) is 13.4. The maximum atomic E-state index is 12.4. The van der Waals surface area contributed by atoms with Crippen LogP contribution in [0.2, 0.25) is 5.02 Å². The van der Waals surface area contributed by atoms with E-state index in [1.165, 1.54) is 0 Å². The van der Waals surface area contributed by atoms with Crippen LogP contribution >= 0.6 is 11.6 Å². The van der Waals surface area contributed by atoms with E-state index in [1.54, 1.807) is 11.0 Å². The molecule has 2 atom stereocenters. The van der Waals surface area contributed by atoms with E-state index in [4.69, 9.17) is 16.3 Å². The van der Waals surface area contributed by atoms with Crippen LogP contribution in [0.5, 0.6) is 0 Å². The summed E-state index contributed by atoms with van der Waals surface area (Å²) in [6.07, 6.45) is 0.355. The lowest BCUT2D eigenvalue weighted by Gasteiger charge is -2.40. The van der Waals surface area contributed by atoms with Crippen LogP contribution in [0, 0.1) is 0 Å². The van der Waals surface area contributed by atoms with Crippen molar-refractivity contribution in [3.8, 4) is 0 Å². The molecule has 1 saturated heterocycles. The van der Waals surface area contributed by atoms with Gasteiger partial charge < -0.3 is 9.84 Å². The predicted molar refractivity (Wildman–Crippen MR) is 82.4 cm³/mol. The minimum atomic E-state index is -0.633. The third kappa shape index (κ3) is 3.89. The number of carbonyl (C=O) groups is 1. The minimum Gasteiger partial charge on any atom is -0.444 e. The van der Waals surface area contributed by atoms with Crippen LogP contribution in [0.1, 0.15) is 45.2 Å². The largest absolute Gasteiger partial charge is 0.444 e. The Balaban J connectivity index is 2.30. The molecule has 116 valence electrons. The van der Waals surface area contributed by atoms with Crippen molar-refractivity contribution in [1.29, 1.82) is 0 Å². The predicted octanol–water partition coefficient (Wildman–Crippen LogP) is 3.77. The molecule has 1 N–H and O–H groups in total. The number of hydrogen-bond donors (Lipinski definition) is 1. The van der Waals surface area contributed by atoms with Gasteiger partial charge in [0.1, 0.15) is 5.60 Å². The lowest BCUT2D eigenvalue weighted by molar-refractivity contribution is -0.0238. The van der Waals surface area contributed by atoms with Crippen LogP contribution in [-0.2, 0) is 4.74 Å². The average molecular weight is 312 g/mol. The number of halogens is 1. The fraction of sp³-hybridized carbons (Fsp3) is 0.562. The maximum absolute atomic E-state index is 12.4. The van der Waals surface area contributed by atoms with E-state index in [0.717, 1.165) is 12.0 Å². The van der Waals surface area contributed by atoms with Gasteiger partial charge in [0.05, 0.1) is 12.1 Å². The van der Waals surface area contributed by atoms with Crippen molar-refractivity contribution in [3.05, 3.63) is 34.9 Å². The third-order valence-corrected chi connectivity index (χ3v) is 3.80. The summed E-state index contributed by atoms with van der Waals surface area (Å²) in [6.45, 7) is 6.04. The molecule has 0 aliphatic carbocycles. The van der Waals surface area contributed by atoms with Gasteiger partial charge in [-0.3, -0.25) is 4.90 Å². The first-order valence-corrected chi connectivity index (χ1v) is 7.59. The Hall–Kier alpha value is -1.26. The molecule has 1 aromatic rings. The topological polar surface area (TPSA) is 49.8 Å². The standard InChI is InChI=1S/C16H22ClNO3/c1-16(2,3)21-15(20)18-10-6-9-13(19)14(18)11-7-4-5-8-12(11)17/h4-5,7-8,13-14,19H,6,9-10H2,1-3H3/t13-,14-/m0/s1. The molecule has 1 heterocycles. The first kappa shape index (κ1) is 16.1. The molecule has 0 unspecified atom stereocenters. The van der Waals surface area contributed by atoms with Crippen molar-refractivity contribution >= 4 is 17.7 Å². The van der Waals surface area contributed by atoms with Crippen molar-refractivity contribution < 1.29 is 14.6 Å². The van der Waals surface area contributed by atoms with E-state index < -0.39 is 23.8 Å². The molecular weight excluding hydrogens is 290 g/mol. The van der Waals surface area contributed by atoms with E-state index in [1.807, 2.05) is 39.0 Å². The summed E-state index contributed by atoms with van der Waals surface area (Å²) in [7, 11) is 0. The van der Waals surface area contributed by atoms with Crippen LogP contribution in [0.3, 0.4) is 0 Å². The van der Waals surface area contributed by atoms with E-state index >= 15 is 0 Å². The number of ether oxygens (including phenoxy) is 1. The maximum Gasteiger partial charge on any atom is 0.410 e. The first-order valence-electron chi connectivity index (χ1n) is 7.22. The Morgan fingerprint density at radius 1 is 1.38 bits per heavy atom. The van der Waals surface area contributed by atoms with Crippen molar-refractivity contribution in [2.75, 3.05) is 6.54 Å². The number of carbonyl (C=O) groups excluding carboxylic acids is 1. The molecule has 1 fully saturated rings. The van der Waals surface area contributed by atoms with Crippen molar-refractivity contribution in [2.24, 2.45) is 0 Å². The van der Waals surface area contributed by atoms with Crippen molar-refractivity contribution in [1.82, 2.24) is 4.90 Å². The van der Waals surface area contributed by atoms with Crippen molar-refractivity contribution in [3.63, 3.8) is 0 Å². The van der Waals surface area contributed by atoms with Crippen LogP contribution in [0.15, 0.2) is 24.3 Å². The van der Waals surface area contributed by atoms with Gasteiger partial charge in [-0.05, 0) is 45.2 Å². The molecule has 1 aliphatic rings. The Bertz CT molecular complexity index is 512. The zero-order chi connectivity index (χ0) is 15.6. The van der Waals surface area contributed by atoms with Gasteiger partial charge in [0.15, 0.2) is 0 Å². The Morgan fingerprint density at radius 2 is 2.05 bits per heavy atom. The van der Waals surface area contributed by atoms with Gasteiger partial charge >= 0.3 is 6.09 Å². The van der Waals surface area contributed by atoms with Gasteiger partial charge in [-0.1, -0.05) is 29.8 Å². The number of piperidine rings is 1. The van der Waals surface area contributed by atoms with Gasteiger partial charge in [-0.15, -0.1) is 0 Å². The Morgan fingerprint density at radius 3 is 2.67 bits per heavy atom. The molecule has 1 amide bonds. The molecule has 21 heavy (non-hydrogen) atoms. The number of aliphatic hydroxyl groups is 1. The fourth-order valence-corrected chi connectivity index (χ4v) is 2.84. The molecule has 1 aliphatic heterocycles. The molecule has 0 aromatic heterocycles. The number of likely N-dealkylation sites (tertiary alicyclic amines) is 1. The van der Waals surface area contributed by atoms with Crippen molar-refractivity contribution in [2.45, 2.75) is 51.4 Å². The van der Waals surface area contributed by atoms with Gasteiger partial charge in [-0.2, -0.15) is 0 Å². The summed E-state index contributed by atoms with van der Waals surface area (Å²) in [5.41, 5.74) is 0.196. The molecule has 0 saturated carbocycles. The summed E-state index contributed by atoms with van der Waals surface area (Å²) in [6, 6.07) is 6.85. The van der Waals surface area contributed by atoms with Crippen LogP contribution in [-0.4, -0.2) is 34.3 Å². The fourth-order valence-electron chi connectivity index (χ4n) is 2.59. The molecular formula is C16H22ClNO3. The average Bonchev–Trinajstić information content (AvgIpc) is 2.37. The van der Waals surface area contributed by atoms with Gasteiger partial charge in [0.2, 0.25) is 0 Å². The van der Waals surface area contributed by atoms with Gasteiger partial charge in [0, 0.05) is 11.6 Å². The number of hydrogen-bond acceptors (Lipinski definition) is 3. The highest BCUT2D eigenvalue weighted by atomic mass is 35.5. The summed E-state index contributed by atoms with van der Waals surface area (Å²) in [4.78, 5) is 14.0. The number of aliphatic hydroxyl groups excluding tert-OH is 1. The highest BCUT2D eigenvalue weighted by Gasteiger charge is 2.37. The third-order valence-electron chi connectivity index (χ3n) is 3.45. The second-order valence-corrected chi connectivity index (χ2v) is 6.76. The number of amides is 1. The normalized spacial score (nSPS) is 23.0. The second-order valence-electron chi connectivity index (χ2n) is 6.35. The summed E-state index contributed by atoms with van der Waals surface area (Å²) in [5.74, 6) is 0. The molecule has 4 nitrogen and oxygen atoms in total. The van der Waals surface area contributed by atoms with Crippen LogP contribution in [0.25, 0.3) is 0 Å². The van der Waals surface area contributed by atoms with Crippen LogP contribution in [0.4, 0.5) is 4.79 Å². The molecule has 0 bridgehead atoms. The lowest BCUT2D eigenvalue weighted by Crippen LogP contribution is -2.47.